The first kappa shape index (κ1) is 22.2. The van der Waals surface area contributed by atoms with Crippen molar-refractivity contribution in [1.29, 1.82) is 0 Å². The molecule has 1 aromatic carbocycles. The molecule has 1 spiro atoms. The fraction of sp³-hybridized carbons (Fsp3) is 0.667. The van der Waals surface area contributed by atoms with Gasteiger partial charge in [-0.1, -0.05) is 25.1 Å². The number of aliphatic hydroxyl groups excluding tert-OH is 2. The van der Waals surface area contributed by atoms with E-state index >= 15 is 0 Å². The number of fused-ring (bicyclic) bond motifs is 1. The van der Waals surface area contributed by atoms with Gasteiger partial charge in [-0.05, 0) is 51.2 Å². The van der Waals surface area contributed by atoms with E-state index in [1.54, 1.807) is 30.3 Å². The van der Waals surface area contributed by atoms with Crippen LogP contribution in [-0.2, 0) is 19.0 Å². The first-order chi connectivity index (χ1) is 14.6. The lowest BCUT2D eigenvalue weighted by Gasteiger charge is -2.61. The molecule has 0 radical (unpaired) electrons. The molecule has 0 unspecified atom stereocenters. The second-order valence-electron chi connectivity index (χ2n) is 9.86. The van der Waals surface area contributed by atoms with E-state index in [2.05, 4.69) is 6.92 Å². The van der Waals surface area contributed by atoms with Crippen LogP contribution in [0.5, 0.6) is 0 Å². The Kier molecular flexibility index (Phi) is 5.43. The van der Waals surface area contributed by atoms with E-state index in [-0.39, 0.29) is 11.8 Å². The Morgan fingerprint density at radius 2 is 1.84 bits per heavy atom. The third kappa shape index (κ3) is 3.12. The SMILES string of the molecule is CC(=O)O[C@H]1[C@H]2C[C@]3(OC2(C)C)[C@@H](C)CC[C@H](O)[C@@]3(CO)[C@H]1OC(=O)c1ccccc1. The number of carbonyl (C=O) groups is 2. The number of benzene rings is 1. The highest BCUT2D eigenvalue weighted by Gasteiger charge is 2.77. The van der Waals surface area contributed by atoms with E-state index < -0.39 is 53.5 Å². The van der Waals surface area contributed by atoms with Crippen molar-refractivity contribution in [3.8, 4) is 0 Å². The predicted octanol–water partition coefficient (Wildman–Crippen LogP) is 2.48. The molecule has 31 heavy (non-hydrogen) atoms. The minimum absolute atomic E-state index is 0.0172. The van der Waals surface area contributed by atoms with Crippen molar-refractivity contribution in [2.24, 2.45) is 17.3 Å². The molecule has 1 heterocycles. The standard InChI is InChI=1S/C24H32O7/c1-14-10-11-18(27)23(13-25)20(30-21(28)16-8-6-5-7-9-16)19(29-15(2)26)17-12-24(14,23)31-22(17,3)4/h5-9,14,17-20,25,27H,10-13H2,1-4H3/t14-,17+,18-,19-,20-,23-,24-/m0/s1. The number of ether oxygens (including phenoxy) is 3. The van der Waals surface area contributed by atoms with Crippen molar-refractivity contribution >= 4 is 11.9 Å². The van der Waals surface area contributed by atoms with E-state index in [1.807, 2.05) is 13.8 Å². The van der Waals surface area contributed by atoms with Crippen LogP contribution in [0, 0.1) is 17.3 Å². The molecule has 1 saturated heterocycles. The summed E-state index contributed by atoms with van der Waals surface area (Å²) in [4.78, 5) is 25.2. The zero-order valence-electron chi connectivity index (χ0n) is 18.5. The molecular formula is C24H32O7. The predicted molar refractivity (Wildman–Crippen MR) is 111 cm³/mol. The average molecular weight is 433 g/mol. The molecule has 7 heteroatoms. The number of carbonyl (C=O) groups excluding carboxylic acids is 2. The summed E-state index contributed by atoms with van der Waals surface area (Å²) in [6, 6.07) is 8.55. The number of esters is 2. The van der Waals surface area contributed by atoms with Gasteiger partial charge in [0.15, 0.2) is 6.10 Å². The Balaban J connectivity index is 1.86. The molecule has 0 amide bonds. The minimum Gasteiger partial charge on any atom is -0.458 e. The molecule has 4 rings (SSSR count). The maximum absolute atomic E-state index is 13.1. The molecule has 3 fully saturated rings. The van der Waals surface area contributed by atoms with Crippen LogP contribution < -0.4 is 0 Å². The van der Waals surface area contributed by atoms with Crippen LogP contribution in [0.4, 0.5) is 0 Å². The van der Waals surface area contributed by atoms with Crippen molar-refractivity contribution in [2.75, 3.05) is 6.61 Å². The Morgan fingerprint density at radius 1 is 1.16 bits per heavy atom. The molecule has 2 N–H and O–H groups in total. The molecule has 2 bridgehead atoms. The molecular weight excluding hydrogens is 400 g/mol. The normalized spacial score (nSPS) is 40.6. The quantitative estimate of drug-likeness (QED) is 0.705. The molecule has 7 atom stereocenters. The first-order valence-corrected chi connectivity index (χ1v) is 11.0. The van der Waals surface area contributed by atoms with Gasteiger partial charge in [-0.15, -0.1) is 0 Å². The minimum atomic E-state index is -1.31. The van der Waals surface area contributed by atoms with Crippen LogP contribution in [0.15, 0.2) is 30.3 Å². The summed E-state index contributed by atoms with van der Waals surface area (Å²) in [6.45, 7) is 6.77. The largest absolute Gasteiger partial charge is 0.458 e. The fourth-order valence-electron chi connectivity index (χ4n) is 6.43. The van der Waals surface area contributed by atoms with E-state index in [1.165, 1.54) is 6.92 Å². The molecule has 3 aliphatic rings. The average Bonchev–Trinajstić information content (AvgIpc) is 2.98. The molecule has 170 valence electrons. The number of hydrogen-bond donors (Lipinski definition) is 2. The molecule has 1 aliphatic heterocycles. The van der Waals surface area contributed by atoms with E-state index in [4.69, 9.17) is 14.2 Å². The van der Waals surface area contributed by atoms with Gasteiger partial charge in [0.25, 0.3) is 0 Å². The van der Waals surface area contributed by atoms with E-state index in [9.17, 15) is 19.8 Å². The lowest BCUT2D eigenvalue weighted by Crippen LogP contribution is -2.73. The summed E-state index contributed by atoms with van der Waals surface area (Å²) in [5.74, 6) is -1.33. The lowest BCUT2D eigenvalue weighted by atomic mass is 9.49. The maximum atomic E-state index is 13.1. The van der Waals surface area contributed by atoms with Crippen LogP contribution in [0.1, 0.15) is 57.3 Å². The van der Waals surface area contributed by atoms with Crippen LogP contribution in [0.3, 0.4) is 0 Å². The van der Waals surface area contributed by atoms with Gasteiger partial charge >= 0.3 is 11.9 Å². The van der Waals surface area contributed by atoms with Crippen molar-refractivity contribution in [1.82, 2.24) is 0 Å². The van der Waals surface area contributed by atoms with Crippen LogP contribution in [-0.4, -0.2) is 58.3 Å². The molecule has 1 aromatic rings. The van der Waals surface area contributed by atoms with Crippen LogP contribution in [0.2, 0.25) is 0 Å². The van der Waals surface area contributed by atoms with Crippen molar-refractivity contribution in [2.45, 2.75) is 76.5 Å². The lowest BCUT2D eigenvalue weighted by molar-refractivity contribution is -0.284. The summed E-state index contributed by atoms with van der Waals surface area (Å²) in [6.07, 6.45) is -1.20. The van der Waals surface area contributed by atoms with Gasteiger partial charge in [0.05, 0.1) is 34.9 Å². The number of hydrogen-bond acceptors (Lipinski definition) is 7. The monoisotopic (exact) mass is 432 g/mol. The van der Waals surface area contributed by atoms with Gasteiger partial charge in [-0.25, -0.2) is 4.79 Å². The number of rotatable bonds is 4. The van der Waals surface area contributed by atoms with Crippen LogP contribution in [0.25, 0.3) is 0 Å². The second-order valence-corrected chi connectivity index (χ2v) is 9.86. The smallest absolute Gasteiger partial charge is 0.338 e. The molecule has 2 aliphatic carbocycles. The van der Waals surface area contributed by atoms with Gasteiger partial charge in [0.1, 0.15) is 6.10 Å². The van der Waals surface area contributed by atoms with E-state index in [0.717, 1.165) is 6.42 Å². The number of aliphatic hydroxyl groups is 2. The summed E-state index contributed by atoms with van der Waals surface area (Å²) >= 11 is 0. The van der Waals surface area contributed by atoms with E-state index in [0.29, 0.717) is 18.4 Å². The Labute approximate surface area is 182 Å². The molecule has 2 saturated carbocycles. The Bertz CT molecular complexity index is 853. The van der Waals surface area contributed by atoms with Crippen molar-refractivity contribution in [3.05, 3.63) is 35.9 Å². The summed E-state index contributed by atoms with van der Waals surface area (Å²) in [5.41, 5.74) is -2.55. The van der Waals surface area contributed by atoms with Gasteiger partial charge in [-0.2, -0.15) is 0 Å². The zero-order valence-corrected chi connectivity index (χ0v) is 18.5. The summed E-state index contributed by atoms with van der Waals surface area (Å²) in [7, 11) is 0. The summed E-state index contributed by atoms with van der Waals surface area (Å²) in [5, 5.41) is 22.1. The second kappa shape index (κ2) is 7.57. The highest BCUT2D eigenvalue weighted by molar-refractivity contribution is 5.89. The zero-order chi connectivity index (χ0) is 22.6. The summed E-state index contributed by atoms with van der Waals surface area (Å²) < 4.78 is 18.4. The highest BCUT2D eigenvalue weighted by Crippen LogP contribution is 2.66. The van der Waals surface area contributed by atoms with Crippen molar-refractivity contribution < 1.29 is 34.0 Å². The first-order valence-electron chi connectivity index (χ1n) is 11.0. The van der Waals surface area contributed by atoms with Gasteiger partial charge in [0.2, 0.25) is 0 Å². The van der Waals surface area contributed by atoms with Crippen molar-refractivity contribution in [3.63, 3.8) is 0 Å². The fourth-order valence-corrected chi connectivity index (χ4v) is 6.43. The maximum Gasteiger partial charge on any atom is 0.338 e. The highest BCUT2D eigenvalue weighted by atomic mass is 16.6. The van der Waals surface area contributed by atoms with Gasteiger partial charge in [0, 0.05) is 12.8 Å². The molecule has 0 aromatic heterocycles. The molecule has 7 nitrogen and oxygen atoms in total. The Morgan fingerprint density at radius 3 is 2.45 bits per heavy atom. The van der Waals surface area contributed by atoms with Gasteiger partial charge < -0.3 is 24.4 Å². The topological polar surface area (TPSA) is 102 Å². The third-order valence-electron chi connectivity index (χ3n) is 7.92. The Hall–Kier alpha value is -1.96. The van der Waals surface area contributed by atoms with Crippen LogP contribution >= 0.6 is 0 Å². The third-order valence-corrected chi connectivity index (χ3v) is 7.92. The van der Waals surface area contributed by atoms with Gasteiger partial charge in [-0.3, -0.25) is 4.79 Å².